The van der Waals surface area contributed by atoms with Gasteiger partial charge in [0.05, 0.1) is 22.0 Å². The fourth-order valence-corrected chi connectivity index (χ4v) is 1.85. The molecule has 0 saturated heterocycles. The van der Waals surface area contributed by atoms with Crippen LogP contribution in [0.15, 0.2) is 23.9 Å². The maximum absolute atomic E-state index is 12.8. The SMILES string of the molecule is CCOC(=O)NC(=O)C(C#N)=CNNc1c([N+](=O)[O-])cc(C(F)(F)F)cc1[N+](=O)[O-]. The molecule has 2 amide bonds. The molecule has 0 aliphatic carbocycles. The number of hydrogen-bond acceptors (Lipinski definition) is 10. The molecule has 0 saturated carbocycles. The van der Waals surface area contributed by atoms with Crippen LogP contribution in [0.5, 0.6) is 0 Å². The van der Waals surface area contributed by atoms with E-state index in [0.29, 0.717) is 6.20 Å². The van der Waals surface area contributed by atoms with Crippen LogP contribution in [0.25, 0.3) is 0 Å². The first-order valence-electron chi connectivity index (χ1n) is 7.56. The van der Waals surface area contributed by atoms with E-state index in [-0.39, 0.29) is 18.7 Å². The number of amides is 2. The van der Waals surface area contributed by atoms with Gasteiger partial charge >= 0.3 is 23.6 Å². The lowest BCUT2D eigenvalue weighted by molar-refractivity contribution is -0.392. The Morgan fingerprint density at radius 2 is 1.77 bits per heavy atom. The van der Waals surface area contributed by atoms with Crippen LogP contribution in [0.1, 0.15) is 12.5 Å². The lowest BCUT2D eigenvalue weighted by atomic mass is 10.1. The zero-order valence-electron chi connectivity index (χ0n) is 14.8. The number of nitriles is 1. The Morgan fingerprint density at radius 1 is 1.23 bits per heavy atom. The molecule has 3 N–H and O–H groups in total. The van der Waals surface area contributed by atoms with Crippen LogP contribution in [0.4, 0.5) is 35.0 Å². The predicted octanol–water partition coefficient (Wildman–Crippen LogP) is 2.12. The smallest absolute Gasteiger partial charge is 0.416 e. The summed E-state index contributed by atoms with van der Waals surface area (Å²) in [6.07, 6.45) is -5.70. The number of carbonyl (C=O) groups excluding carboxylic acids is 2. The summed E-state index contributed by atoms with van der Waals surface area (Å²) in [6.45, 7) is 1.37. The van der Waals surface area contributed by atoms with Crippen molar-refractivity contribution in [3.8, 4) is 6.07 Å². The van der Waals surface area contributed by atoms with E-state index in [4.69, 9.17) is 5.26 Å². The van der Waals surface area contributed by atoms with E-state index >= 15 is 0 Å². The number of nitro groups is 2. The summed E-state index contributed by atoms with van der Waals surface area (Å²) in [5.41, 5.74) is -2.13. The molecule has 0 heterocycles. The van der Waals surface area contributed by atoms with Gasteiger partial charge in [-0.3, -0.25) is 35.8 Å². The van der Waals surface area contributed by atoms with Gasteiger partial charge in [-0.2, -0.15) is 18.4 Å². The Hall–Kier alpha value is -4.42. The van der Waals surface area contributed by atoms with Crippen molar-refractivity contribution in [3.63, 3.8) is 0 Å². The third-order valence-corrected chi connectivity index (χ3v) is 3.09. The number of alkyl carbamates (subject to hydrolysis) is 1. The Morgan fingerprint density at radius 3 is 2.17 bits per heavy atom. The molecule has 0 aromatic heterocycles. The lowest BCUT2D eigenvalue weighted by Crippen LogP contribution is -2.32. The number of anilines is 1. The second kappa shape index (κ2) is 9.68. The molecular weight excluding hydrogens is 421 g/mol. The van der Waals surface area contributed by atoms with E-state index in [2.05, 4.69) is 4.74 Å². The van der Waals surface area contributed by atoms with Crippen LogP contribution >= 0.6 is 0 Å². The number of alkyl halides is 3. The van der Waals surface area contributed by atoms with Gasteiger partial charge in [0.15, 0.2) is 0 Å². The van der Waals surface area contributed by atoms with Crippen LogP contribution in [0.3, 0.4) is 0 Å². The monoisotopic (exact) mass is 432 g/mol. The van der Waals surface area contributed by atoms with Crippen LogP contribution < -0.4 is 16.2 Å². The van der Waals surface area contributed by atoms with Crippen LogP contribution in [0, 0.1) is 31.6 Å². The van der Waals surface area contributed by atoms with Gasteiger partial charge in [0, 0.05) is 18.3 Å². The average molecular weight is 432 g/mol. The van der Waals surface area contributed by atoms with Crippen molar-refractivity contribution in [2.24, 2.45) is 0 Å². The third-order valence-electron chi connectivity index (χ3n) is 3.09. The number of hydrogen-bond donors (Lipinski definition) is 3. The molecule has 0 fully saturated rings. The number of nitro benzene ring substituents is 2. The molecule has 0 aliphatic rings. The first-order chi connectivity index (χ1) is 13.9. The minimum atomic E-state index is -5.10. The van der Waals surface area contributed by atoms with Crippen molar-refractivity contribution in [2.45, 2.75) is 13.1 Å². The first kappa shape index (κ1) is 23.6. The number of ether oxygens (including phenoxy) is 1. The highest BCUT2D eigenvalue weighted by atomic mass is 19.4. The average Bonchev–Trinajstić information content (AvgIpc) is 2.63. The summed E-state index contributed by atoms with van der Waals surface area (Å²) < 4.78 is 43.0. The van der Waals surface area contributed by atoms with E-state index in [1.165, 1.54) is 13.0 Å². The Balaban J connectivity index is 3.23. The molecule has 30 heavy (non-hydrogen) atoms. The van der Waals surface area contributed by atoms with Crippen LogP contribution in [0.2, 0.25) is 0 Å². The molecule has 0 spiro atoms. The normalized spacial score (nSPS) is 11.1. The zero-order valence-corrected chi connectivity index (χ0v) is 14.8. The van der Waals surface area contributed by atoms with E-state index in [0.717, 1.165) is 0 Å². The van der Waals surface area contributed by atoms with Crippen molar-refractivity contribution in [3.05, 3.63) is 49.7 Å². The summed E-state index contributed by atoms with van der Waals surface area (Å²) in [5, 5.41) is 32.7. The van der Waals surface area contributed by atoms with Gasteiger partial charge in [0.2, 0.25) is 5.69 Å². The number of nitrogens with one attached hydrogen (secondary N) is 3. The van der Waals surface area contributed by atoms with E-state index in [9.17, 15) is 43.0 Å². The number of nitrogens with zero attached hydrogens (tertiary/aromatic N) is 3. The first-order valence-corrected chi connectivity index (χ1v) is 7.56. The van der Waals surface area contributed by atoms with Crippen molar-refractivity contribution in [1.29, 1.82) is 5.26 Å². The molecule has 0 aliphatic heterocycles. The van der Waals surface area contributed by atoms with E-state index < -0.39 is 56.2 Å². The molecule has 0 radical (unpaired) electrons. The second-order valence-corrected chi connectivity index (χ2v) is 5.02. The van der Waals surface area contributed by atoms with Crippen molar-refractivity contribution < 1.29 is 37.3 Å². The van der Waals surface area contributed by atoms with Crippen molar-refractivity contribution in [2.75, 3.05) is 12.0 Å². The number of carbonyl (C=O) groups is 2. The van der Waals surface area contributed by atoms with Gasteiger partial charge in [-0.15, -0.1) is 0 Å². The van der Waals surface area contributed by atoms with Gasteiger partial charge in [0.25, 0.3) is 5.91 Å². The Bertz CT molecular complexity index is 919. The number of imide groups is 1. The number of hydrazine groups is 1. The minimum Gasteiger partial charge on any atom is -0.450 e. The van der Waals surface area contributed by atoms with E-state index in [1.54, 1.807) is 5.32 Å². The quantitative estimate of drug-likeness (QED) is 0.249. The highest BCUT2D eigenvalue weighted by molar-refractivity contribution is 6.04. The zero-order chi connectivity index (χ0) is 23.1. The molecule has 160 valence electrons. The maximum atomic E-state index is 12.8. The molecule has 0 bridgehead atoms. The van der Waals surface area contributed by atoms with Gasteiger partial charge in [-0.25, -0.2) is 4.79 Å². The molecule has 16 heteroatoms. The minimum absolute atomic E-state index is 0.0688. The van der Waals surface area contributed by atoms with Crippen LogP contribution in [-0.4, -0.2) is 28.5 Å². The topological polar surface area (TPSA) is 190 Å². The van der Waals surface area contributed by atoms with Gasteiger partial charge < -0.3 is 10.2 Å². The summed E-state index contributed by atoms with van der Waals surface area (Å²) in [4.78, 5) is 42.4. The highest BCUT2D eigenvalue weighted by Crippen LogP contribution is 2.40. The summed E-state index contributed by atoms with van der Waals surface area (Å²) in [7, 11) is 0. The van der Waals surface area contributed by atoms with Crippen LogP contribution in [-0.2, 0) is 15.7 Å². The van der Waals surface area contributed by atoms with Gasteiger partial charge in [0.1, 0.15) is 11.6 Å². The molecule has 0 atom stereocenters. The fraction of sp³-hybridized carbons (Fsp3) is 0.214. The summed E-state index contributed by atoms with van der Waals surface area (Å²) in [6, 6.07) is 1.50. The van der Waals surface area contributed by atoms with Gasteiger partial charge in [-0.05, 0) is 6.92 Å². The summed E-state index contributed by atoms with van der Waals surface area (Å²) >= 11 is 0. The Kier molecular flexibility index (Phi) is 7.62. The standard InChI is InChI=1S/C14H11F3N6O7/c1-2-30-13(25)20-12(24)7(5-18)6-19-21-11-9(22(26)27)3-8(14(15,16)17)4-10(11)23(28)29/h3-4,6,19,21H,2H2,1H3,(H,20,24,25). The fourth-order valence-electron chi connectivity index (χ4n) is 1.85. The Labute approximate surface area is 164 Å². The summed E-state index contributed by atoms with van der Waals surface area (Å²) in [5.74, 6) is -1.25. The number of rotatable bonds is 7. The van der Waals surface area contributed by atoms with Gasteiger partial charge in [-0.1, -0.05) is 0 Å². The van der Waals surface area contributed by atoms with Crippen molar-refractivity contribution in [1.82, 2.24) is 10.7 Å². The highest BCUT2D eigenvalue weighted by Gasteiger charge is 2.37. The number of benzene rings is 1. The largest absolute Gasteiger partial charge is 0.450 e. The number of halogens is 3. The van der Waals surface area contributed by atoms with E-state index in [1.807, 2.05) is 10.9 Å². The molecule has 1 aromatic rings. The molecular formula is C14H11F3N6O7. The molecule has 0 unspecified atom stereocenters. The molecule has 1 rings (SSSR count). The molecule has 1 aromatic carbocycles. The molecule has 13 nitrogen and oxygen atoms in total. The predicted molar refractivity (Wildman–Crippen MR) is 90.4 cm³/mol. The van der Waals surface area contributed by atoms with Crippen molar-refractivity contribution >= 4 is 29.1 Å². The lowest BCUT2D eigenvalue weighted by Gasteiger charge is -2.11. The third kappa shape index (κ3) is 6.05. The second-order valence-electron chi connectivity index (χ2n) is 5.02. The maximum Gasteiger partial charge on any atom is 0.416 e.